The van der Waals surface area contributed by atoms with Crippen LogP contribution in [-0.4, -0.2) is 9.78 Å². The zero-order valence-electron chi connectivity index (χ0n) is 11.3. The summed E-state index contributed by atoms with van der Waals surface area (Å²) in [6.45, 7) is 1.94. The van der Waals surface area contributed by atoms with Crippen LogP contribution in [0.4, 0.5) is 13.2 Å². The van der Waals surface area contributed by atoms with Crippen molar-refractivity contribution in [1.29, 1.82) is 0 Å². The third-order valence-electron chi connectivity index (χ3n) is 3.18. The Morgan fingerprint density at radius 3 is 2.65 bits per heavy atom. The van der Waals surface area contributed by atoms with E-state index < -0.39 is 17.8 Å². The van der Waals surface area contributed by atoms with E-state index in [4.69, 9.17) is 5.73 Å². The number of benzene rings is 1. The Bertz CT molecular complexity index is 602. The van der Waals surface area contributed by atoms with Gasteiger partial charge >= 0.3 is 6.18 Å². The van der Waals surface area contributed by atoms with Crippen molar-refractivity contribution in [3.8, 4) is 0 Å². The molecule has 0 bridgehead atoms. The summed E-state index contributed by atoms with van der Waals surface area (Å²) >= 11 is 0. The van der Waals surface area contributed by atoms with Crippen molar-refractivity contribution in [2.75, 3.05) is 0 Å². The molecule has 0 aliphatic heterocycles. The second kappa shape index (κ2) is 5.28. The molecule has 0 amide bonds. The monoisotopic (exact) mass is 283 g/mol. The van der Waals surface area contributed by atoms with Crippen LogP contribution in [0, 0.1) is 0 Å². The molecule has 1 atom stereocenters. The van der Waals surface area contributed by atoms with Gasteiger partial charge in [0.25, 0.3) is 0 Å². The minimum atomic E-state index is -4.36. The first kappa shape index (κ1) is 14.6. The molecule has 0 saturated carbocycles. The van der Waals surface area contributed by atoms with Crippen LogP contribution in [0.5, 0.6) is 0 Å². The molecule has 2 aromatic rings. The molecule has 1 aromatic heterocycles. The highest BCUT2D eigenvalue weighted by Crippen LogP contribution is 2.32. The minimum absolute atomic E-state index is 0.433. The van der Waals surface area contributed by atoms with E-state index in [2.05, 4.69) is 5.10 Å². The topological polar surface area (TPSA) is 43.8 Å². The number of hydrogen-bond donors (Lipinski definition) is 1. The fourth-order valence-corrected chi connectivity index (χ4v) is 2.18. The van der Waals surface area contributed by atoms with Crippen molar-refractivity contribution in [3.05, 3.63) is 52.8 Å². The molecule has 0 saturated heterocycles. The van der Waals surface area contributed by atoms with Crippen LogP contribution >= 0.6 is 0 Å². The third-order valence-corrected chi connectivity index (χ3v) is 3.18. The fraction of sp³-hybridized carbons (Fsp3) is 0.357. The molecule has 1 aromatic carbocycles. The van der Waals surface area contributed by atoms with Gasteiger partial charge in [0.05, 0.1) is 17.3 Å². The summed E-state index contributed by atoms with van der Waals surface area (Å²) in [6, 6.07) is 4.50. The second-order valence-electron chi connectivity index (χ2n) is 4.66. The molecule has 2 rings (SSSR count). The van der Waals surface area contributed by atoms with Crippen LogP contribution in [-0.2, 0) is 19.6 Å². The van der Waals surface area contributed by atoms with E-state index in [0.717, 1.165) is 23.4 Å². The second-order valence-corrected chi connectivity index (χ2v) is 4.66. The van der Waals surface area contributed by atoms with Gasteiger partial charge in [-0.2, -0.15) is 18.3 Å². The van der Waals surface area contributed by atoms with E-state index in [0.29, 0.717) is 12.0 Å². The molecule has 0 aliphatic rings. The van der Waals surface area contributed by atoms with Gasteiger partial charge in [-0.15, -0.1) is 0 Å². The van der Waals surface area contributed by atoms with Crippen LogP contribution in [0.15, 0.2) is 30.5 Å². The summed E-state index contributed by atoms with van der Waals surface area (Å²) in [5.74, 6) is 0. The van der Waals surface area contributed by atoms with Crippen LogP contribution < -0.4 is 5.73 Å². The molecule has 20 heavy (non-hydrogen) atoms. The van der Waals surface area contributed by atoms with E-state index in [-0.39, 0.29) is 0 Å². The van der Waals surface area contributed by atoms with Crippen molar-refractivity contribution in [3.63, 3.8) is 0 Å². The largest absolute Gasteiger partial charge is 0.416 e. The highest BCUT2D eigenvalue weighted by Gasteiger charge is 2.31. The maximum atomic E-state index is 12.7. The Labute approximate surface area is 115 Å². The predicted molar refractivity (Wildman–Crippen MR) is 70.1 cm³/mol. The summed E-state index contributed by atoms with van der Waals surface area (Å²) in [5, 5.41) is 4.26. The van der Waals surface area contributed by atoms with Gasteiger partial charge in [0.2, 0.25) is 0 Å². The molecule has 2 N–H and O–H groups in total. The summed E-state index contributed by atoms with van der Waals surface area (Å²) < 4.78 is 39.8. The van der Waals surface area contributed by atoms with Crippen molar-refractivity contribution >= 4 is 0 Å². The number of alkyl halides is 3. The van der Waals surface area contributed by atoms with Gasteiger partial charge in [-0.05, 0) is 24.1 Å². The van der Waals surface area contributed by atoms with Crippen LogP contribution in [0.1, 0.15) is 35.3 Å². The first-order chi connectivity index (χ1) is 9.32. The average molecular weight is 283 g/mol. The maximum absolute atomic E-state index is 12.7. The lowest BCUT2D eigenvalue weighted by atomic mass is 9.97. The molecule has 6 heteroatoms. The Kier molecular flexibility index (Phi) is 3.85. The average Bonchev–Trinajstić information content (AvgIpc) is 2.78. The molecule has 0 spiro atoms. The van der Waals surface area contributed by atoms with Gasteiger partial charge in [0, 0.05) is 18.8 Å². The van der Waals surface area contributed by atoms with E-state index in [1.54, 1.807) is 24.0 Å². The molecule has 108 valence electrons. The van der Waals surface area contributed by atoms with Crippen molar-refractivity contribution in [2.45, 2.75) is 25.6 Å². The molecular formula is C14H16F3N3. The van der Waals surface area contributed by atoms with Gasteiger partial charge < -0.3 is 5.73 Å². The van der Waals surface area contributed by atoms with E-state index in [1.165, 1.54) is 6.07 Å². The lowest BCUT2D eigenvalue weighted by molar-refractivity contribution is -0.137. The fourth-order valence-electron chi connectivity index (χ4n) is 2.18. The number of hydrogen-bond acceptors (Lipinski definition) is 2. The SMILES string of the molecule is CCc1nn(C)cc1C(N)c1cccc(C(F)(F)F)c1. The van der Waals surface area contributed by atoms with E-state index in [1.807, 2.05) is 6.92 Å². The van der Waals surface area contributed by atoms with Gasteiger partial charge in [0.1, 0.15) is 0 Å². The standard InChI is InChI=1S/C14H16F3N3/c1-3-12-11(8-20(2)19-12)13(18)9-5-4-6-10(7-9)14(15,16)17/h4-8,13H,3,18H2,1-2H3. The lowest BCUT2D eigenvalue weighted by Crippen LogP contribution is -2.14. The zero-order valence-corrected chi connectivity index (χ0v) is 11.3. The van der Waals surface area contributed by atoms with Gasteiger partial charge in [-0.1, -0.05) is 19.1 Å². The van der Waals surface area contributed by atoms with Crippen LogP contribution in [0.3, 0.4) is 0 Å². The smallest absolute Gasteiger partial charge is 0.320 e. The van der Waals surface area contributed by atoms with Crippen LogP contribution in [0.2, 0.25) is 0 Å². The lowest BCUT2D eigenvalue weighted by Gasteiger charge is -2.14. The third kappa shape index (κ3) is 2.85. The van der Waals surface area contributed by atoms with E-state index in [9.17, 15) is 13.2 Å². The minimum Gasteiger partial charge on any atom is -0.320 e. The Morgan fingerprint density at radius 1 is 1.35 bits per heavy atom. The first-order valence-electron chi connectivity index (χ1n) is 6.28. The van der Waals surface area contributed by atoms with Crippen molar-refractivity contribution in [2.24, 2.45) is 12.8 Å². The quantitative estimate of drug-likeness (QED) is 0.941. The van der Waals surface area contributed by atoms with Gasteiger partial charge in [0.15, 0.2) is 0 Å². The Hall–Kier alpha value is -1.82. The Balaban J connectivity index is 2.40. The summed E-state index contributed by atoms with van der Waals surface area (Å²) in [5.41, 5.74) is 7.40. The first-order valence-corrected chi connectivity index (χ1v) is 6.28. The van der Waals surface area contributed by atoms with E-state index >= 15 is 0 Å². The van der Waals surface area contributed by atoms with Gasteiger partial charge in [-0.3, -0.25) is 4.68 Å². The predicted octanol–water partition coefficient (Wildman–Crippen LogP) is 3.05. The molecule has 3 nitrogen and oxygen atoms in total. The zero-order chi connectivity index (χ0) is 14.9. The van der Waals surface area contributed by atoms with Crippen molar-refractivity contribution in [1.82, 2.24) is 9.78 Å². The maximum Gasteiger partial charge on any atom is 0.416 e. The number of rotatable bonds is 3. The molecular weight excluding hydrogens is 267 g/mol. The van der Waals surface area contributed by atoms with Crippen LogP contribution in [0.25, 0.3) is 0 Å². The Morgan fingerprint density at radius 2 is 2.05 bits per heavy atom. The molecule has 0 aliphatic carbocycles. The molecule has 0 radical (unpaired) electrons. The summed E-state index contributed by atoms with van der Waals surface area (Å²) in [7, 11) is 1.77. The highest BCUT2D eigenvalue weighted by atomic mass is 19.4. The molecule has 1 unspecified atom stereocenters. The normalized spacial score (nSPS) is 13.5. The number of halogens is 3. The number of nitrogens with zero attached hydrogens (tertiary/aromatic N) is 2. The highest BCUT2D eigenvalue weighted by molar-refractivity contribution is 5.35. The number of nitrogens with two attached hydrogens (primary N) is 1. The summed E-state index contributed by atoms with van der Waals surface area (Å²) in [6.07, 6.45) is -1.93. The number of aryl methyl sites for hydroxylation is 2. The van der Waals surface area contributed by atoms with Crippen molar-refractivity contribution < 1.29 is 13.2 Å². The number of aromatic nitrogens is 2. The molecule has 0 fully saturated rings. The summed E-state index contributed by atoms with van der Waals surface area (Å²) in [4.78, 5) is 0. The molecule has 1 heterocycles. The van der Waals surface area contributed by atoms with Gasteiger partial charge in [-0.25, -0.2) is 0 Å².